The number of likely N-dealkylation sites (N-methyl/N-ethyl adjacent to an activating group) is 1. The van der Waals surface area contributed by atoms with E-state index in [0.717, 1.165) is 83.5 Å². The van der Waals surface area contributed by atoms with Gasteiger partial charge >= 0.3 is 5.97 Å². The van der Waals surface area contributed by atoms with Crippen LogP contribution in [-0.4, -0.2) is 69.4 Å². The summed E-state index contributed by atoms with van der Waals surface area (Å²) in [5.41, 5.74) is 0. The van der Waals surface area contributed by atoms with E-state index in [9.17, 15) is 19.0 Å². The molecular formula is C69H129N2O7P. The van der Waals surface area contributed by atoms with Gasteiger partial charge in [-0.15, -0.1) is 0 Å². The molecule has 0 aromatic rings. The zero-order valence-electron chi connectivity index (χ0n) is 52.8. The van der Waals surface area contributed by atoms with Crippen LogP contribution >= 0.6 is 7.82 Å². The lowest BCUT2D eigenvalue weighted by molar-refractivity contribution is -0.870. The Morgan fingerprint density at radius 2 is 0.772 bits per heavy atom. The molecule has 0 aliphatic heterocycles. The Hall–Kier alpha value is -2.29. The van der Waals surface area contributed by atoms with Gasteiger partial charge in [0.05, 0.1) is 33.8 Å². The summed E-state index contributed by atoms with van der Waals surface area (Å²) in [7, 11) is 1.19. The predicted molar refractivity (Wildman–Crippen MR) is 339 cm³/mol. The first kappa shape index (κ1) is 76.7. The molecular weight excluding hydrogens is 1000 g/mol. The minimum absolute atomic E-state index is 0.0224. The Kier molecular flexibility index (Phi) is 57.2. The van der Waals surface area contributed by atoms with Crippen LogP contribution < -0.4 is 10.2 Å². The highest BCUT2D eigenvalue weighted by Crippen LogP contribution is 2.38. The van der Waals surface area contributed by atoms with Crippen LogP contribution in [0.1, 0.15) is 316 Å². The first-order chi connectivity index (χ1) is 38.4. The number of carbonyl (C=O) groups is 2. The topological polar surface area (TPSA) is 114 Å². The highest BCUT2D eigenvalue weighted by molar-refractivity contribution is 7.45. The molecule has 0 saturated carbocycles. The van der Waals surface area contributed by atoms with Gasteiger partial charge in [-0.05, 0) is 76.7 Å². The fourth-order valence-electron chi connectivity index (χ4n) is 9.74. The number of hydrogen-bond donors (Lipinski definition) is 1. The molecule has 0 bridgehead atoms. The van der Waals surface area contributed by atoms with Crippen molar-refractivity contribution < 1.29 is 37.3 Å². The molecule has 0 saturated heterocycles. The molecule has 0 spiro atoms. The van der Waals surface area contributed by atoms with Crippen LogP contribution in [0.4, 0.5) is 0 Å². The van der Waals surface area contributed by atoms with Crippen LogP contribution in [0.2, 0.25) is 0 Å². The molecule has 0 aliphatic carbocycles. The quantitative estimate of drug-likeness (QED) is 0.0212. The number of carbonyl (C=O) groups excluding carboxylic acids is 2. The van der Waals surface area contributed by atoms with Crippen molar-refractivity contribution in [2.45, 2.75) is 328 Å². The number of quaternary nitrogens is 1. The Morgan fingerprint density at radius 3 is 1.18 bits per heavy atom. The van der Waals surface area contributed by atoms with Gasteiger partial charge < -0.3 is 28.5 Å². The van der Waals surface area contributed by atoms with Gasteiger partial charge in [-0.3, -0.25) is 14.2 Å². The monoisotopic (exact) mass is 1130 g/mol. The van der Waals surface area contributed by atoms with Crippen molar-refractivity contribution in [2.24, 2.45) is 0 Å². The summed E-state index contributed by atoms with van der Waals surface area (Å²) in [6.07, 6.45) is 74.8. The lowest BCUT2D eigenvalue weighted by atomic mass is 10.0. The maximum atomic E-state index is 13.6. The standard InChI is InChI=1S/C69H129N2O7P/c1-7-10-13-16-19-22-25-27-29-30-31-32-33-34-35-36-37-38-39-40-42-43-46-49-52-55-58-61-68(72)70-66(65-77-79(74,75)76-64-63-71(4,5)6)67(60-57-54-51-48-45-24-21-18-15-12-9-3)78-69(73)62-59-56-53-50-47-44-41-28-26-23-20-17-14-11-8-2/h19,22,27,29,31-32,34-35,57,60,66-67H,7-18,20-21,23-26,28,30,33,36-56,58-59,61-65H2,1-6H3,(H-,70,72,74,75)/b22-19-,29-27-,32-31-,35-34-,60-57-. The van der Waals surface area contributed by atoms with Gasteiger partial charge in [0.25, 0.3) is 7.82 Å². The van der Waals surface area contributed by atoms with E-state index >= 15 is 0 Å². The summed E-state index contributed by atoms with van der Waals surface area (Å²) in [4.78, 5) is 40.0. The van der Waals surface area contributed by atoms with Gasteiger partial charge in [-0.2, -0.15) is 0 Å². The number of phosphoric ester groups is 1. The number of phosphoric acid groups is 1. The van der Waals surface area contributed by atoms with Crippen LogP contribution in [0.5, 0.6) is 0 Å². The molecule has 3 atom stereocenters. The number of allylic oxidation sites excluding steroid dienone is 9. The van der Waals surface area contributed by atoms with Crippen LogP contribution in [0.25, 0.3) is 0 Å². The molecule has 10 heteroatoms. The third kappa shape index (κ3) is 60.1. The largest absolute Gasteiger partial charge is 0.756 e. The van der Waals surface area contributed by atoms with Gasteiger partial charge in [-0.1, -0.05) is 287 Å². The molecule has 0 aromatic carbocycles. The second-order valence-corrected chi connectivity index (χ2v) is 25.4. The lowest BCUT2D eigenvalue weighted by Gasteiger charge is -2.30. The van der Waals surface area contributed by atoms with Gasteiger partial charge in [-0.25, -0.2) is 0 Å². The third-order valence-corrected chi connectivity index (χ3v) is 15.9. The SMILES string of the molecule is CCCCC/C=C\C/C=C\C/C=C\C/C=C\CCCCCCCCCCCCCC(=O)NC(COP(=O)([O-])OCC[N+](C)(C)C)C(/C=C\CCCCCCCCCCC)OC(=O)CCCCCCCCCCCCCCCCC. The van der Waals surface area contributed by atoms with Crippen molar-refractivity contribution in [1.82, 2.24) is 5.32 Å². The van der Waals surface area contributed by atoms with Crippen molar-refractivity contribution in [1.29, 1.82) is 0 Å². The van der Waals surface area contributed by atoms with E-state index in [1.807, 2.05) is 33.3 Å². The van der Waals surface area contributed by atoms with Crippen molar-refractivity contribution in [3.05, 3.63) is 60.8 Å². The van der Waals surface area contributed by atoms with Crippen LogP contribution in [0.3, 0.4) is 0 Å². The van der Waals surface area contributed by atoms with E-state index in [1.54, 1.807) is 0 Å². The molecule has 0 aromatic heterocycles. The number of nitrogens with zero attached hydrogens (tertiary/aromatic N) is 1. The van der Waals surface area contributed by atoms with Gasteiger partial charge in [0, 0.05) is 12.8 Å². The molecule has 0 rings (SSSR count). The molecule has 1 N–H and O–H groups in total. The van der Waals surface area contributed by atoms with Crippen molar-refractivity contribution in [3.63, 3.8) is 0 Å². The van der Waals surface area contributed by atoms with Gasteiger partial charge in [0.1, 0.15) is 19.3 Å². The van der Waals surface area contributed by atoms with Gasteiger partial charge in [0.15, 0.2) is 0 Å². The summed E-state index contributed by atoms with van der Waals surface area (Å²) in [5, 5.41) is 3.04. The predicted octanol–water partition coefficient (Wildman–Crippen LogP) is 20.4. The molecule has 3 unspecified atom stereocenters. The molecule has 0 aliphatic rings. The summed E-state index contributed by atoms with van der Waals surface area (Å²) in [6, 6.07) is -0.888. The zero-order chi connectivity index (χ0) is 57.9. The molecule has 79 heavy (non-hydrogen) atoms. The maximum Gasteiger partial charge on any atom is 0.306 e. The fourth-order valence-corrected chi connectivity index (χ4v) is 10.5. The number of ether oxygens (including phenoxy) is 1. The Balaban J connectivity index is 5.02. The summed E-state index contributed by atoms with van der Waals surface area (Å²) in [5.74, 6) is -0.534. The number of hydrogen-bond acceptors (Lipinski definition) is 7. The van der Waals surface area contributed by atoms with E-state index in [1.165, 1.54) is 199 Å². The van der Waals surface area contributed by atoms with Crippen LogP contribution in [0.15, 0.2) is 60.8 Å². The fraction of sp³-hybridized carbons (Fsp3) is 0.826. The molecule has 0 fully saturated rings. The van der Waals surface area contributed by atoms with Gasteiger partial charge in [0.2, 0.25) is 5.91 Å². The highest BCUT2D eigenvalue weighted by atomic mass is 31.2. The second-order valence-electron chi connectivity index (χ2n) is 24.0. The number of rotatable bonds is 61. The number of unbranched alkanes of at least 4 members (excludes halogenated alkanes) is 37. The summed E-state index contributed by atoms with van der Waals surface area (Å²) < 4.78 is 30.4. The summed E-state index contributed by atoms with van der Waals surface area (Å²) >= 11 is 0. The Bertz CT molecular complexity index is 1540. The third-order valence-electron chi connectivity index (χ3n) is 15.0. The number of amides is 1. The van der Waals surface area contributed by atoms with E-state index < -0.39 is 20.0 Å². The Labute approximate surface area is 490 Å². The molecule has 1 amide bonds. The molecule has 0 radical (unpaired) electrons. The average Bonchev–Trinajstić information content (AvgIpc) is 3.41. The lowest BCUT2D eigenvalue weighted by Crippen LogP contribution is -2.47. The van der Waals surface area contributed by atoms with E-state index in [4.69, 9.17) is 13.8 Å². The molecule has 462 valence electrons. The molecule has 0 heterocycles. The number of esters is 1. The number of nitrogens with one attached hydrogen (secondary N) is 1. The van der Waals surface area contributed by atoms with E-state index in [2.05, 4.69) is 74.7 Å². The smallest absolute Gasteiger partial charge is 0.306 e. The molecule has 9 nitrogen and oxygen atoms in total. The average molecular weight is 1130 g/mol. The van der Waals surface area contributed by atoms with Crippen molar-refractivity contribution in [2.75, 3.05) is 40.9 Å². The normalized spacial score (nSPS) is 14.0. The van der Waals surface area contributed by atoms with Crippen molar-refractivity contribution >= 4 is 19.7 Å². The minimum atomic E-state index is -4.70. The first-order valence-electron chi connectivity index (χ1n) is 33.6. The first-order valence-corrected chi connectivity index (χ1v) is 35.1. The maximum absolute atomic E-state index is 13.6. The van der Waals surface area contributed by atoms with E-state index in [0.29, 0.717) is 17.4 Å². The highest BCUT2D eigenvalue weighted by Gasteiger charge is 2.27. The van der Waals surface area contributed by atoms with E-state index in [-0.39, 0.29) is 31.5 Å². The minimum Gasteiger partial charge on any atom is -0.756 e. The summed E-state index contributed by atoms with van der Waals surface area (Å²) in [6.45, 7) is 6.84. The van der Waals surface area contributed by atoms with Crippen LogP contribution in [-0.2, 0) is 27.9 Å². The van der Waals surface area contributed by atoms with Crippen LogP contribution in [0, 0.1) is 0 Å². The second kappa shape index (κ2) is 58.9. The Morgan fingerprint density at radius 1 is 0.443 bits per heavy atom. The van der Waals surface area contributed by atoms with Crippen molar-refractivity contribution in [3.8, 4) is 0 Å². The zero-order valence-corrected chi connectivity index (χ0v) is 53.7.